The number of fused-ring (bicyclic) bond motifs is 5. The second-order valence-electron chi connectivity index (χ2n) is 7.67. The third-order valence-corrected chi connectivity index (χ3v) is 6.32. The molecule has 0 unspecified atom stereocenters. The van der Waals surface area contributed by atoms with Gasteiger partial charge in [-0.15, -0.1) is 0 Å². The van der Waals surface area contributed by atoms with Gasteiger partial charge in [-0.25, -0.2) is 0 Å². The maximum atomic E-state index is 5.72. The fraction of sp³-hybridized carbons (Fsp3) is 0.429. The van der Waals surface area contributed by atoms with Crippen molar-refractivity contribution in [1.29, 1.82) is 0 Å². The number of likely N-dealkylation sites (N-methyl/N-ethyl adjacent to an activating group) is 1. The van der Waals surface area contributed by atoms with Crippen LogP contribution >= 0.6 is 0 Å². The lowest BCUT2D eigenvalue weighted by Gasteiger charge is -2.49. The summed E-state index contributed by atoms with van der Waals surface area (Å²) in [6.45, 7) is 2.39. The van der Waals surface area contributed by atoms with E-state index >= 15 is 0 Å². The van der Waals surface area contributed by atoms with Crippen molar-refractivity contribution in [2.75, 3.05) is 34.6 Å². The highest BCUT2D eigenvalue weighted by Gasteiger charge is 2.45. The Morgan fingerprint density at radius 3 is 2.62 bits per heavy atom. The smallest absolute Gasteiger partial charge is 0.231 e. The Balaban J connectivity index is 1.62. The second-order valence-corrected chi connectivity index (χ2v) is 7.67. The molecule has 136 valence electrons. The van der Waals surface area contributed by atoms with Gasteiger partial charge in [-0.1, -0.05) is 6.07 Å². The molecule has 5 heteroatoms. The number of ether oxygens (including phenoxy) is 4. The fourth-order valence-corrected chi connectivity index (χ4v) is 4.88. The van der Waals surface area contributed by atoms with Gasteiger partial charge >= 0.3 is 0 Å². The van der Waals surface area contributed by atoms with E-state index in [4.69, 9.17) is 18.9 Å². The molecule has 26 heavy (non-hydrogen) atoms. The maximum absolute atomic E-state index is 5.72. The number of hydrogen-bond acceptors (Lipinski definition) is 4. The van der Waals surface area contributed by atoms with Crippen molar-refractivity contribution in [3.05, 3.63) is 46.5 Å². The summed E-state index contributed by atoms with van der Waals surface area (Å²) in [6, 6.07) is 9.05. The molecule has 0 bridgehead atoms. The lowest BCUT2D eigenvalue weighted by Crippen LogP contribution is -2.53. The summed E-state index contributed by atoms with van der Waals surface area (Å²) < 4.78 is 23.5. The van der Waals surface area contributed by atoms with Crippen LogP contribution in [0.4, 0.5) is 0 Å². The SMILES string of the molecule is COc1ccc2c(c1OC)C[N@+]1(C)CCc3cc4c(cc3[C@@H]1C2)OCO4. The quantitative estimate of drug-likeness (QED) is 0.776. The van der Waals surface area contributed by atoms with Crippen LogP contribution in [0.3, 0.4) is 0 Å². The molecule has 2 aromatic rings. The van der Waals surface area contributed by atoms with Gasteiger partial charge in [0, 0.05) is 18.4 Å². The molecule has 0 aliphatic carbocycles. The predicted octanol–water partition coefficient (Wildman–Crippen LogP) is 3.23. The minimum Gasteiger partial charge on any atom is -0.493 e. The standard InChI is InChI=1S/C21H24NO4/c1-22-7-6-14-9-19-20(26-12-25-19)10-15(14)17(22)8-13-4-5-18(23-2)21(24-3)16(13)11-22/h4-5,9-10,17H,6-8,11-12H2,1-3H3/q+1/t17-,22-/m0/s1. The average molecular weight is 354 g/mol. The zero-order valence-electron chi connectivity index (χ0n) is 15.5. The summed E-state index contributed by atoms with van der Waals surface area (Å²) in [4.78, 5) is 0. The van der Waals surface area contributed by atoms with Crippen molar-refractivity contribution < 1.29 is 23.4 Å². The van der Waals surface area contributed by atoms with Gasteiger partial charge in [-0.2, -0.15) is 0 Å². The molecule has 2 aromatic carbocycles. The molecule has 5 rings (SSSR count). The molecular weight excluding hydrogens is 330 g/mol. The van der Waals surface area contributed by atoms with Crippen LogP contribution < -0.4 is 18.9 Å². The van der Waals surface area contributed by atoms with Gasteiger partial charge in [0.05, 0.1) is 33.4 Å². The van der Waals surface area contributed by atoms with Crippen LogP contribution in [0.25, 0.3) is 0 Å². The Bertz CT molecular complexity index is 894. The third kappa shape index (κ3) is 2.13. The second kappa shape index (κ2) is 5.55. The van der Waals surface area contributed by atoms with Gasteiger partial charge in [0.1, 0.15) is 12.6 Å². The first-order chi connectivity index (χ1) is 12.6. The van der Waals surface area contributed by atoms with E-state index in [0.29, 0.717) is 12.8 Å². The van der Waals surface area contributed by atoms with Gasteiger partial charge < -0.3 is 23.4 Å². The number of nitrogens with zero attached hydrogens (tertiary/aromatic N) is 1. The summed E-state index contributed by atoms with van der Waals surface area (Å²) in [5, 5.41) is 0. The van der Waals surface area contributed by atoms with Gasteiger partial charge in [0.15, 0.2) is 23.0 Å². The van der Waals surface area contributed by atoms with E-state index in [9.17, 15) is 0 Å². The van der Waals surface area contributed by atoms with Crippen LogP contribution in [0.2, 0.25) is 0 Å². The number of quaternary nitrogens is 1. The van der Waals surface area contributed by atoms with Gasteiger partial charge in [0.2, 0.25) is 6.79 Å². The molecule has 0 spiro atoms. The molecule has 0 N–H and O–H groups in total. The third-order valence-electron chi connectivity index (χ3n) is 6.32. The van der Waals surface area contributed by atoms with Crippen molar-refractivity contribution in [2.24, 2.45) is 0 Å². The lowest BCUT2D eigenvalue weighted by atomic mass is 9.81. The van der Waals surface area contributed by atoms with Crippen LogP contribution in [-0.4, -0.2) is 39.1 Å². The van der Waals surface area contributed by atoms with Crippen LogP contribution in [0.5, 0.6) is 23.0 Å². The zero-order valence-corrected chi connectivity index (χ0v) is 15.5. The van der Waals surface area contributed by atoms with Crippen molar-refractivity contribution in [2.45, 2.75) is 25.4 Å². The van der Waals surface area contributed by atoms with Crippen molar-refractivity contribution in [1.82, 2.24) is 0 Å². The minimum atomic E-state index is 0.328. The van der Waals surface area contributed by atoms with Crippen LogP contribution in [0.15, 0.2) is 24.3 Å². The largest absolute Gasteiger partial charge is 0.493 e. The molecule has 0 amide bonds. The average Bonchev–Trinajstić information content (AvgIpc) is 3.11. The fourth-order valence-electron chi connectivity index (χ4n) is 4.88. The normalized spacial score (nSPS) is 25.1. The minimum absolute atomic E-state index is 0.328. The van der Waals surface area contributed by atoms with Gasteiger partial charge in [-0.05, 0) is 29.3 Å². The topological polar surface area (TPSA) is 36.9 Å². The van der Waals surface area contributed by atoms with Crippen molar-refractivity contribution in [3.8, 4) is 23.0 Å². The van der Waals surface area contributed by atoms with Gasteiger partial charge in [-0.3, -0.25) is 0 Å². The summed E-state index contributed by atoms with van der Waals surface area (Å²) in [5.41, 5.74) is 5.45. The molecule has 0 radical (unpaired) electrons. The Kier molecular flexibility index (Phi) is 3.38. The Hall–Kier alpha value is -2.40. The van der Waals surface area contributed by atoms with E-state index in [1.165, 1.54) is 22.3 Å². The summed E-state index contributed by atoms with van der Waals surface area (Å²) in [6.07, 6.45) is 2.05. The molecule has 3 aliphatic rings. The molecule has 2 atom stereocenters. The molecule has 0 aromatic heterocycles. The van der Waals surface area contributed by atoms with Gasteiger partial charge in [0.25, 0.3) is 0 Å². The first-order valence-electron chi connectivity index (χ1n) is 9.12. The van der Waals surface area contributed by atoms with E-state index in [2.05, 4.69) is 25.2 Å². The highest BCUT2D eigenvalue weighted by molar-refractivity contribution is 5.54. The van der Waals surface area contributed by atoms with E-state index in [1.807, 2.05) is 6.07 Å². The Morgan fingerprint density at radius 2 is 1.85 bits per heavy atom. The maximum Gasteiger partial charge on any atom is 0.231 e. The number of hydrogen-bond donors (Lipinski definition) is 0. The molecule has 5 nitrogen and oxygen atoms in total. The Morgan fingerprint density at radius 1 is 1.04 bits per heavy atom. The summed E-state index contributed by atoms with van der Waals surface area (Å²) >= 11 is 0. The first kappa shape index (κ1) is 15.8. The molecule has 0 saturated carbocycles. The molecule has 0 fully saturated rings. The Labute approximate surface area is 153 Å². The van der Waals surface area contributed by atoms with E-state index < -0.39 is 0 Å². The molecule has 0 saturated heterocycles. The van der Waals surface area contributed by atoms with E-state index in [0.717, 1.165) is 53.4 Å². The first-order valence-corrected chi connectivity index (χ1v) is 9.12. The molecule has 3 aliphatic heterocycles. The monoisotopic (exact) mass is 354 g/mol. The van der Waals surface area contributed by atoms with E-state index in [-0.39, 0.29) is 0 Å². The van der Waals surface area contributed by atoms with Crippen LogP contribution in [-0.2, 0) is 19.4 Å². The lowest BCUT2D eigenvalue weighted by molar-refractivity contribution is -0.956. The predicted molar refractivity (Wildman–Crippen MR) is 97.0 cm³/mol. The zero-order chi connectivity index (χ0) is 17.9. The van der Waals surface area contributed by atoms with Crippen molar-refractivity contribution >= 4 is 0 Å². The van der Waals surface area contributed by atoms with E-state index in [1.54, 1.807) is 14.2 Å². The van der Waals surface area contributed by atoms with Crippen LogP contribution in [0, 0.1) is 0 Å². The molecular formula is C21H24NO4+. The van der Waals surface area contributed by atoms with Crippen molar-refractivity contribution in [3.63, 3.8) is 0 Å². The summed E-state index contributed by atoms with van der Waals surface area (Å²) in [7, 11) is 5.79. The number of rotatable bonds is 2. The molecule has 3 heterocycles. The highest BCUT2D eigenvalue weighted by atomic mass is 16.7. The summed E-state index contributed by atoms with van der Waals surface area (Å²) in [5.74, 6) is 3.48. The van der Waals surface area contributed by atoms with Crippen LogP contribution in [0.1, 0.15) is 28.3 Å². The number of benzene rings is 2. The number of methoxy groups -OCH3 is 2. The highest BCUT2D eigenvalue weighted by Crippen LogP contribution is 2.49.